The maximum absolute atomic E-state index is 10.8. The minimum atomic E-state index is -0.554. The minimum Gasteiger partial charge on any atom is -0.493 e. The molecular weight excluding hydrogens is 339 g/mol. The Morgan fingerprint density at radius 3 is 2.65 bits per heavy atom. The third-order valence-electron chi connectivity index (χ3n) is 3.85. The van der Waals surface area contributed by atoms with Crippen LogP contribution in [0.25, 0.3) is 0 Å². The number of amides is 1. The SMILES string of the molecule is COc1cc(CNC2CCCCC2)cc(Cl)c1OCC(N)=O.Cl. The molecule has 3 N–H and O–H groups in total. The monoisotopic (exact) mass is 362 g/mol. The topological polar surface area (TPSA) is 73.6 Å². The molecule has 1 aromatic carbocycles. The van der Waals surface area contributed by atoms with E-state index in [1.54, 1.807) is 7.11 Å². The second-order valence-electron chi connectivity index (χ2n) is 5.58. The molecule has 23 heavy (non-hydrogen) atoms. The summed E-state index contributed by atoms with van der Waals surface area (Å²) in [5, 5.41) is 3.97. The van der Waals surface area contributed by atoms with Crippen LogP contribution in [0.1, 0.15) is 37.7 Å². The zero-order valence-electron chi connectivity index (χ0n) is 13.3. The number of benzene rings is 1. The fourth-order valence-electron chi connectivity index (χ4n) is 2.73. The lowest BCUT2D eigenvalue weighted by Crippen LogP contribution is -2.30. The van der Waals surface area contributed by atoms with E-state index in [-0.39, 0.29) is 19.0 Å². The Hall–Kier alpha value is -1.17. The van der Waals surface area contributed by atoms with E-state index in [1.165, 1.54) is 32.1 Å². The number of nitrogens with one attached hydrogen (secondary N) is 1. The highest BCUT2D eigenvalue weighted by atomic mass is 35.5. The second kappa shape index (κ2) is 9.85. The Morgan fingerprint density at radius 2 is 2.04 bits per heavy atom. The van der Waals surface area contributed by atoms with Crippen LogP contribution in [0.2, 0.25) is 5.02 Å². The van der Waals surface area contributed by atoms with E-state index in [1.807, 2.05) is 12.1 Å². The quantitative estimate of drug-likeness (QED) is 0.781. The van der Waals surface area contributed by atoms with E-state index in [0.29, 0.717) is 22.6 Å². The van der Waals surface area contributed by atoms with E-state index in [2.05, 4.69) is 5.32 Å². The largest absolute Gasteiger partial charge is 0.493 e. The third-order valence-corrected chi connectivity index (χ3v) is 4.13. The van der Waals surface area contributed by atoms with Crippen molar-refractivity contribution < 1.29 is 14.3 Å². The van der Waals surface area contributed by atoms with Gasteiger partial charge in [-0.15, -0.1) is 12.4 Å². The van der Waals surface area contributed by atoms with Crippen LogP contribution in [-0.2, 0) is 11.3 Å². The Kier molecular flexibility index (Phi) is 8.52. The van der Waals surface area contributed by atoms with Crippen molar-refractivity contribution >= 4 is 29.9 Å². The van der Waals surface area contributed by atoms with Gasteiger partial charge in [0.1, 0.15) is 0 Å². The van der Waals surface area contributed by atoms with Crippen LogP contribution >= 0.6 is 24.0 Å². The first-order valence-electron chi connectivity index (χ1n) is 7.61. The Balaban J connectivity index is 0.00000264. The van der Waals surface area contributed by atoms with E-state index in [9.17, 15) is 4.79 Å². The van der Waals surface area contributed by atoms with Gasteiger partial charge in [0.05, 0.1) is 12.1 Å². The summed E-state index contributed by atoms with van der Waals surface area (Å²) in [6, 6.07) is 4.28. The number of carbonyl (C=O) groups is 1. The Morgan fingerprint density at radius 1 is 1.35 bits per heavy atom. The number of methoxy groups -OCH3 is 1. The summed E-state index contributed by atoms with van der Waals surface area (Å²) in [6.07, 6.45) is 6.38. The summed E-state index contributed by atoms with van der Waals surface area (Å²) in [5.41, 5.74) is 6.11. The van der Waals surface area contributed by atoms with Gasteiger partial charge in [-0.05, 0) is 30.5 Å². The second-order valence-corrected chi connectivity index (χ2v) is 5.99. The zero-order valence-corrected chi connectivity index (χ0v) is 14.8. The summed E-state index contributed by atoms with van der Waals surface area (Å²) in [5.74, 6) is 0.305. The van der Waals surface area contributed by atoms with Gasteiger partial charge in [-0.1, -0.05) is 30.9 Å². The van der Waals surface area contributed by atoms with Crippen LogP contribution in [-0.4, -0.2) is 25.7 Å². The molecule has 1 fully saturated rings. The summed E-state index contributed by atoms with van der Waals surface area (Å²) in [4.78, 5) is 10.8. The van der Waals surface area contributed by atoms with Crippen molar-refractivity contribution in [1.82, 2.24) is 5.32 Å². The molecule has 0 bridgehead atoms. The van der Waals surface area contributed by atoms with Crippen LogP contribution in [0, 0.1) is 0 Å². The first-order chi connectivity index (χ1) is 10.6. The van der Waals surface area contributed by atoms with Gasteiger partial charge in [0.15, 0.2) is 18.1 Å². The number of primary amides is 1. The zero-order chi connectivity index (χ0) is 15.9. The molecule has 0 unspecified atom stereocenters. The Bertz CT molecular complexity index is 520. The van der Waals surface area contributed by atoms with Crippen LogP contribution in [0.5, 0.6) is 11.5 Å². The van der Waals surface area contributed by atoms with Crippen molar-refractivity contribution in [1.29, 1.82) is 0 Å². The molecule has 0 atom stereocenters. The normalized spacial score (nSPS) is 14.9. The van der Waals surface area contributed by atoms with Gasteiger partial charge in [0.2, 0.25) is 0 Å². The number of nitrogens with two attached hydrogens (primary N) is 1. The maximum Gasteiger partial charge on any atom is 0.255 e. The molecule has 1 amide bonds. The Labute approximate surface area is 148 Å². The molecule has 0 aromatic heterocycles. The molecule has 5 nitrogen and oxygen atoms in total. The highest BCUT2D eigenvalue weighted by Crippen LogP contribution is 2.36. The molecule has 130 valence electrons. The van der Waals surface area contributed by atoms with Crippen LogP contribution in [0.15, 0.2) is 12.1 Å². The van der Waals surface area contributed by atoms with E-state index >= 15 is 0 Å². The van der Waals surface area contributed by atoms with Crippen LogP contribution in [0.4, 0.5) is 0 Å². The predicted octanol–water partition coefficient (Wildman–Crippen LogP) is 3.06. The summed E-state index contributed by atoms with van der Waals surface area (Å²) in [6.45, 7) is 0.507. The lowest BCUT2D eigenvalue weighted by Gasteiger charge is -2.23. The molecule has 0 spiro atoms. The molecule has 7 heteroatoms. The summed E-state index contributed by atoms with van der Waals surface area (Å²) >= 11 is 6.23. The fourth-order valence-corrected chi connectivity index (χ4v) is 3.02. The molecule has 1 aliphatic rings. The van der Waals surface area contributed by atoms with Crippen molar-refractivity contribution in [2.75, 3.05) is 13.7 Å². The number of halogens is 2. The maximum atomic E-state index is 10.8. The number of hydrogen-bond donors (Lipinski definition) is 2. The average Bonchev–Trinajstić information content (AvgIpc) is 2.52. The van der Waals surface area contributed by atoms with Crippen LogP contribution in [0.3, 0.4) is 0 Å². The van der Waals surface area contributed by atoms with E-state index < -0.39 is 5.91 Å². The van der Waals surface area contributed by atoms with Crippen LogP contribution < -0.4 is 20.5 Å². The molecule has 0 radical (unpaired) electrons. The molecule has 0 heterocycles. The van der Waals surface area contributed by atoms with Gasteiger partial charge >= 0.3 is 0 Å². The van der Waals surface area contributed by atoms with Crippen molar-refractivity contribution in [3.05, 3.63) is 22.7 Å². The van der Waals surface area contributed by atoms with E-state index in [0.717, 1.165) is 12.1 Å². The van der Waals surface area contributed by atoms with Gasteiger partial charge in [-0.25, -0.2) is 0 Å². The number of carbonyl (C=O) groups excluding carboxylic acids is 1. The fraction of sp³-hybridized carbons (Fsp3) is 0.562. The molecule has 0 saturated heterocycles. The highest BCUT2D eigenvalue weighted by molar-refractivity contribution is 6.32. The van der Waals surface area contributed by atoms with Gasteiger partial charge in [0.25, 0.3) is 5.91 Å². The molecule has 1 aromatic rings. The molecule has 0 aliphatic heterocycles. The van der Waals surface area contributed by atoms with Crippen molar-refractivity contribution in [2.45, 2.75) is 44.7 Å². The average molecular weight is 363 g/mol. The predicted molar refractivity (Wildman–Crippen MR) is 93.7 cm³/mol. The first kappa shape index (κ1) is 19.9. The van der Waals surface area contributed by atoms with Crippen molar-refractivity contribution in [3.63, 3.8) is 0 Å². The molecular formula is C16H24Cl2N2O3. The van der Waals surface area contributed by atoms with Gasteiger partial charge < -0.3 is 20.5 Å². The first-order valence-corrected chi connectivity index (χ1v) is 7.99. The van der Waals surface area contributed by atoms with Crippen molar-refractivity contribution in [3.8, 4) is 11.5 Å². The lowest BCUT2D eigenvalue weighted by molar-refractivity contribution is -0.119. The molecule has 2 rings (SSSR count). The number of hydrogen-bond acceptors (Lipinski definition) is 4. The van der Waals surface area contributed by atoms with Crippen molar-refractivity contribution in [2.24, 2.45) is 5.73 Å². The van der Waals surface area contributed by atoms with E-state index in [4.69, 9.17) is 26.8 Å². The highest BCUT2D eigenvalue weighted by Gasteiger charge is 2.15. The standard InChI is InChI=1S/C16H23ClN2O3.ClH/c1-21-14-8-11(9-19-12-5-3-2-4-6-12)7-13(17)16(14)22-10-15(18)20;/h7-8,12,19H,2-6,9-10H2,1H3,(H2,18,20);1H. The van der Waals surface area contributed by atoms with Gasteiger partial charge in [0, 0.05) is 12.6 Å². The van der Waals surface area contributed by atoms with Gasteiger partial charge in [-0.3, -0.25) is 4.79 Å². The lowest BCUT2D eigenvalue weighted by atomic mass is 9.95. The minimum absolute atomic E-state index is 0. The number of ether oxygens (including phenoxy) is 2. The summed E-state index contributed by atoms with van der Waals surface area (Å²) < 4.78 is 10.6. The third kappa shape index (κ3) is 6.09. The molecule has 1 saturated carbocycles. The number of rotatable bonds is 7. The smallest absolute Gasteiger partial charge is 0.255 e. The molecule has 1 aliphatic carbocycles. The summed E-state index contributed by atoms with van der Waals surface area (Å²) in [7, 11) is 1.54. The van der Waals surface area contributed by atoms with Gasteiger partial charge in [-0.2, -0.15) is 0 Å².